The van der Waals surface area contributed by atoms with E-state index in [-0.39, 0.29) is 6.61 Å². The van der Waals surface area contributed by atoms with Crippen LogP contribution in [0.4, 0.5) is 0 Å². The Morgan fingerprint density at radius 3 is 2.71 bits per heavy atom. The first kappa shape index (κ1) is 12.4. The molecule has 0 aromatic carbocycles. The zero-order valence-electron chi connectivity index (χ0n) is 10.4. The van der Waals surface area contributed by atoms with Gasteiger partial charge in [0.05, 0.1) is 20.2 Å². The third-order valence-corrected chi connectivity index (χ3v) is 3.37. The summed E-state index contributed by atoms with van der Waals surface area (Å²) in [6, 6.07) is 0.569. The summed E-state index contributed by atoms with van der Waals surface area (Å²) < 4.78 is 0. The van der Waals surface area contributed by atoms with Gasteiger partial charge < -0.3 is 5.11 Å². The molecule has 0 aliphatic heterocycles. The highest BCUT2D eigenvalue weighted by atomic mass is 16.3. The molecule has 96 valence electrons. The van der Waals surface area contributed by atoms with Gasteiger partial charge in [0, 0.05) is 12.6 Å². The largest absolute Gasteiger partial charge is 0.395 e. The highest BCUT2D eigenvalue weighted by Gasteiger charge is 2.22. The summed E-state index contributed by atoms with van der Waals surface area (Å²) in [4.78, 5) is 3.77. The molecule has 1 aliphatic rings. The van der Waals surface area contributed by atoms with Crippen molar-refractivity contribution in [2.45, 2.75) is 44.7 Å². The molecule has 1 aliphatic carbocycles. The first-order valence-electron chi connectivity index (χ1n) is 6.37. The summed E-state index contributed by atoms with van der Waals surface area (Å²) in [5.74, 6) is 0.742. The molecule has 17 heavy (non-hydrogen) atoms. The van der Waals surface area contributed by atoms with E-state index >= 15 is 0 Å². The van der Waals surface area contributed by atoms with E-state index in [1.54, 1.807) is 7.05 Å². The monoisotopic (exact) mass is 239 g/mol. The van der Waals surface area contributed by atoms with Gasteiger partial charge in [0.25, 0.3) is 0 Å². The molecule has 1 fully saturated rings. The number of tetrazole rings is 1. The molecule has 0 unspecified atom stereocenters. The second kappa shape index (κ2) is 6.07. The number of hydrogen-bond acceptors (Lipinski definition) is 5. The summed E-state index contributed by atoms with van der Waals surface area (Å²) in [5, 5.41) is 21.2. The number of hydrogen-bond donors (Lipinski definition) is 1. The first-order chi connectivity index (χ1) is 8.29. The standard InChI is InChI=1S/C11H21N5O/c1-15-13-11(12-14-15)9-16(7-8-17)10-5-3-2-4-6-10/h10,17H,2-9H2,1H3. The third kappa shape index (κ3) is 3.47. The topological polar surface area (TPSA) is 67.1 Å². The Kier molecular flexibility index (Phi) is 4.44. The highest BCUT2D eigenvalue weighted by molar-refractivity contribution is 4.82. The lowest BCUT2D eigenvalue weighted by Crippen LogP contribution is -2.38. The molecule has 6 nitrogen and oxygen atoms in total. The minimum Gasteiger partial charge on any atom is -0.395 e. The molecule has 0 spiro atoms. The predicted octanol–water partition coefficient (Wildman–Crippen LogP) is 0.337. The zero-order chi connectivity index (χ0) is 12.1. The van der Waals surface area contributed by atoms with Crippen molar-refractivity contribution in [3.8, 4) is 0 Å². The van der Waals surface area contributed by atoms with Gasteiger partial charge in [-0.3, -0.25) is 4.90 Å². The molecule has 0 bridgehead atoms. The van der Waals surface area contributed by atoms with Crippen LogP contribution < -0.4 is 0 Å². The first-order valence-corrected chi connectivity index (χ1v) is 6.37. The van der Waals surface area contributed by atoms with E-state index in [2.05, 4.69) is 20.3 Å². The van der Waals surface area contributed by atoms with Crippen LogP contribution >= 0.6 is 0 Å². The van der Waals surface area contributed by atoms with Gasteiger partial charge in [-0.05, 0) is 18.1 Å². The molecule has 0 atom stereocenters. The minimum absolute atomic E-state index is 0.191. The van der Waals surface area contributed by atoms with E-state index in [0.29, 0.717) is 19.1 Å². The normalized spacial score (nSPS) is 17.8. The van der Waals surface area contributed by atoms with E-state index in [9.17, 15) is 0 Å². The number of aliphatic hydroxyl groups is 1. The molecule has 1 saturated carbocycles. The molecular weight excluding hydrogens is 218 g/mol. The number of nitrogens with zero attached hydrogens (tertiary/aromatic N) is 5. The fourth-order valence-electron chi connectivity index (χ4n) is 2.53. The van der Waals surface area contributed by atoms with Crippen LogP contribution in [-0.4, -0.2) is 49.4 Å². The lowest BCUT2D eigenvalue weighted by Gasteiger charge is -2.32. The molecule has 0 saturated heterocycles. The summed E-state index contributed by atoms with van der Waals surface area (Å²) in [6.07, 6.45) is 6.37. The van der Waals surface area contributed by atoms with E-state index in [4.69, 9.17) is 5.11 Å². The van der Waals surface area contributed by atoms with Crippen LogP contribution in [0.15, 0.2) is 0 Å². The zero-order valence-corrected chi connectivity index (χ0v) is 10.4. The predicted molar refractivity (Wildman–Crippen MR) is 63.2 cm³/mol. The van der Waals surface area contributed by atoms with Crippen LogP contribution in [0.1, 0.15) is 37.9 Å². The SMILES string of the molecule is Cn1nnc(CN(CCO)C2CCCCC2)n1. The van der Waals surface area contributed by atoms with Gasteiger partial charge in [-0.2, -0.15) is 4.80 Å². The van der Waals surface area contributed by atoms with Gasteiger partial charge in [0.2, 0.25) is 0 Å². The second-order valence-corrected chi connectivity index (χ2v) is 4.68. The Labute approximate surface area is 102 Å². The maximum Gasteiger partial charge on any atom is 0.188 e. The molecule has 2 rings (SSSR count). The van der Waals surface area contributed by atoms with Crippen LogP contribution in [-0.2, 0) is 13.6 Å². The summed E-state index contributed by atoms with van der Waals surface area (Å²) in [7, 11) is 1.77. The third-order valence-electron chi connectivity index (χ3n) is 3.37. The molecule has 1 aromatic heterocycles. The summed E-state index contributed by atoms with van der Waals surface area (Å²) in [6.45, 7) is 1.58. The van der Waals surface area contributed by atoms with Crippen molar-refractivity contribution in [2.24, 2.45) is 7.05 Å². The Morgan fingerprint density at radius 2 is 2.12 bits per heavy atom. The van der Waals surface area contributed by atoms with E-state index in [0.717, 1.165) is 5.82 Å². The average Bonchev–Trinajstić information content (AvgIpc) is 2.75. The van der Waals surface area contributed by atoms with Crippen molar-refractivity contribution >= 4 is 0 Å². The van der Waals surface area contributed by atoms with Gasteiger partial charge in [0.1, 0.15) is 0 Å². The van der Waals surface area contributed by atoms with Gasteiger partial charge >= 0.3 is 0 Å². The molecule has 6 heteroatoms. The quantitative estimate of drug-likeness (QED) is 0.802. The number of aryl methyl sites for hydroxylation is 1. The summed E-state index contributed by atoms with van der Waals surface area (Å²) >= 11 is 0. The fraction of sp³-hybridized carbons (Fsp3) is 0.909. The van der Waals surface area contributed by atoms with Crippen LogP contribution in [0, 0.1) is 0 Å². The lowest BCUT2D eigenvalue weighted by molar-refractivity contribution is 0.114. The number of rotatable bonds is 5. The van der Waals surface area contributed by atoms with Gasteiger partial charge in [-0.25, -0.2) is 0 Å². The fourth-order valence-corrected chi connectivity index (χ4v) is 2.53. The van der Waals surface area contributed by atoms with E-state index in [1.165, 1.54) is 36.9 Å². The van der Waals surface area contributed by atoms with Crippen LogP contribution in [0.5, 0.6) is 0 Å². The molecule has 0 amide bonds. The maximum absolute atomic E-state index is 9.15. The molecular formula is C11H21N5O. The number of aromatic nitrogens is 4. The van der Waals surface area contributed by atoms with Gasteiger partial charge in [0.15, 0.2) is 5.82 Å². The molecule has 1 N–H and O–H groups in total. The van der Waals surface area contributed by atoms with Crippen molar-refractivity contribution in [3.63, 3.8) is 0 Å². The Morgan fingerprint density at radius 1 is 1.35 bits per heavy atom. The Balaban J connectivity index is 1.95. The smallest absolute Gasteiger partial charge is 0.188 e. The van der Waals surface area contributed by atoms with Gasteiger partial charge in [-0.1, -0.05) is 19.3 Å². The van der Waals surface area contributed by atoms with Crippen LogP contribution in [0.25, 0.3) is 0 Å². The maximum atomic E-state index is 9.15. The number of aliphatic hydroxyl groups excluding tert-OH is 1. The molecule has 1 aromatic rings. The van der Waals surface area contributed by atoms with Crippen molar-refractivity contribution in [1.82, 2.24) is 25.1 Å². The van der Waals surface area contributed by atoms with Crippen molar-refractivity contribution in [3.05, 3.63) is 5.82 Å². The van der Waals surface area contributed by atoms with E-state index in [1.807, 2.05) is 0 Å². The second-order valence-electron chi connectivity index (χ2n) is 4.68. The molecule has 1 heterocycles. The van der Waals surface area contributed by atoms with Crippen molar-refractivity contribution < 1.29 is 5.11 Å². The van der Waals surface area contributed by atoms with Crippen molar-refractivity contribution in [2.75, 3.05) is 13.2 Å². The van der Waals surface area contributed by atoms with Crippen molar-refractivity contribution in [1.29, 1.82) is 0 Å². The Hall–Kier alpha value is -1.01. The minimum atomic E-state index is 0.191. The highest BCUT2D eigenvalue weighted by Crippen LogP contribution is 2.23. The summed E-state index contributed by atoms with van der Waals surface area (Å²) in [5.41, 5.74) is 0. The lowest BCUT2D eigenvalue weighted by atomic mass is 9.94. The Bertz CT molecular complexity index is 334. The van der Waals surface area contributed by atoms with E-state index < -0.39 is 0 Å². The van der Waals surface area contributed by atoms with Crippen LogP contribution in [0.3, 0.4) is 0 Å². The molecule has 0 radical (unpaired) electrons. The van der Waals surface area contributed by atoms with Gasteiger partial charge in [-0.15, -0.1) is 10.2 Å². The van der Waals surface area contributed by atoms with Crippen LogP contribution in [0.2, 0.25) is 0 Å². The average molecular weight is 239 g/mol.